The van der Waals surface area contributed by atoms with Crippen LogP contribution in [0.2, 0.25) is 0 Å². The van der Waals surface area contributed by atoms with Crippen LogP contribution in [-0.2, 0) is 4.79 Å². The number of piperidine rings is 1. The van der Waals surface area contributed by atoms with Crippen molar-refractivity contribution in [2.75, 3.05) is 18.0 Å². The third-order valence-electron chi connectivity index (χ3n) is 5.63. The van der Waals surface area contributed by atoms with Gasteiger partial charge in [0.05, 0.1) is 11.6 Å². The first kappa shape index (κ1) is 17.7. The topological polar surface area (TPSA) is 73.7 Å². The normalized spacial score (nSPS) is 25.7. The molecule has 1 aliphatic carbocycles. The van der Waals surface area contributed by atoms with Gasteiger partial charge in [-0.2, -0.15) is 0 Å². The molecule has 0 radical (unpaired) electrons. The number of aliphatic hydroxyl groups excluding tert-OH is 1. The number of aromatic nitrogens is 1. The number of anilines is 1. The Balaban J connectivity index is 0.000000569. The van der Waals surface area contributed by atoms with Gasteiger partial charge in [0.1, 0.15) is 0 Å². The van der Waals surface area contributed by atoms with Gasteiger partial charge in [-0.25, -0.2) is 0 Å². The van der Waals surface area contributed by atoms with Crippen molar-refractivity contribution in [3.8, 4) is 0 Å². The highest BCUT2D eigenvalue weighted by atomic mass is 16.3. The number of rotatable bonds is 1. The maximum absolute atomic E-state index is 10.5. The molecule has 2 aliphatic rings. The SMILES string of the molecule is Cc1cc(N2CCC[C@]3(CCC[C@H]3O)C2)c2ccccc2n1.O=CO. The fourth-order valence-corrected chi connectivity index (χ4v) is 4.51. The standard InChI is InChI=1S/C19H24N2O.CH2O2/c1-14-12-17(15-6-2-3-7-16(15)20-14)21-11-5-10-19(13-21)9-4-8-18(19)22;2-1-3/h2-3,6-7,12,18,22H,4-5,8-11,13H2,1H3;1H,(H,2,3)/t18-,19-;/m1./s1. The molecular formula is C20H26N2O3. The summed E-state index contributed by atoms with van der Waals surface area (Å²) in [6.45, 7) is 3.89. The maximum Gasteiger partial charge on any atom is 0.290 e. The largest absolute Gasteiger partial charge is 0.483 e. The summed E-state index contributed by atoms with van der Waals surface area (Å²) >= 11 is 0. The van der Waals surface area contributed by atoms with Gasteiger partial charge in [-0.15, -0.1) is 0 Å². The number of hydrogen-bond donors (Lipinski definition) is 2. The van der Waals surface area contributed by atoms with E-state index in [4.69, 9.17) is 9.90 Å². The van der Waals surface area contributed by atoms with Gasteiger partial charge in [0.15, 0.2) is 0 Å². The Labute approximate surface area is 148 Å². The molecular weight excluding hydrogens is 316 g/mol. The van der Waals surface area contributed by atoms with E-state index in [2.05, 4.69) is 47.1 Å². The summed E-state index contributed by atoms with van der Waals surface area (Å²) in [5.74, 6) is 0. The van der Waals surface area contributed by atoms with E-state index in [1.165, 1.54) is 36.8 Å². The minimum absolute atomic E-state index is 0.121. The maximum atomic E-state index is 10.5. The van der Waals surface area contributed by atoms with E-state index in [0.29, 0.717) is 0 Å². The second-order valence-corrected chi connectivity index (χ2v) is 7.20. The van der Waals surface area contributed by atoms with E-state index in [9.17, 15) is 5.11 Å². The molecule has 1 spiro atoms. The predicted octanol–water partition coefficient (Wildman–Crippen LogP) is 3.38. The van der Waals surface area contributed by atoms with Crippen LogP contribution in [0.25, 0.3) is 10.9 Å². The van der Waals surface area contributed by atoms with Crippen LogP contribution in [0.15, 0.2) is 30.3 Å². The molecule has 2 atom stereocenters. The molecule has 1 aromatic heterocycles. The second-order valence-electron chi connectivity index (χ2n) is 7.20. The van der Waals surface area contributed by atoms with Crippen molar-refractivity contribution in [3.63, 3.8) is 0 Å². The molecule has 134 valence electrons. The first-order chi connectivity index (χ1) is 12.1. The Morgan fingerprint density at radius 2 is 2.00 bits per heavy atom. The summed E-state index contributed by atoms with van der Waals surface area (Å²) < 4.78 is 0. The fourth-order valence-electron chi connectivity index (χ4n) is 4.51. The van der Waals surface area contributed by atoms with E-state index in [0.717, 1.165) is 30.7 Å². The van der Waals surface area contributed by atoms with E-state index >= 15 is 0 Å². The molecule has 0 unspecified atom stereocenters. The number of aliphatic hydroxyl groups is 1. The number of fused-ring (bicyclic) bond motifs is 1. The molecule has 1 saturated carbocycles. The van der Waals surface area contributed by atoms with Crippen molar-refractivity contribution in [2.45, 2.75) is 45.1 Å². The summed E-state index contributed by atoms with van der Waals surface area (Å²) in [5.41, 5.74) is 3.56. The molecule has 0 bridgehead atoms. The van der Waals surface area contributed by atoms with Crippen LogP contribution in [0.5, 0.6) is 0 Å². The molecule has 2 fully saturated rings. The fraction of sp³-hybridized carbons (Fsp3) is 0.500. The number of para-hydroxylation sites is 1. The first-order valence-electron chi connectivity index (χ1n) is 8.97. The quantitative estimate of drug-likeness (QED) is 0.777. The van der Waals surface area contributed by atoms with E-state index in [1.807, 2.05) is 0 Å². The molecule has 2 heterocycles. The Hall–Kier alpha value is -2.14. The van der Waals surface area contributed by atoms with Crippen LogP contribution < -0.4 is 4.90 Å². The number of carbonyl (C=O) groups is 1. The Morgan fingerprint density at radius 3 is 2.72 bits per heavy atom. The monoisotopic (exact) mass is 342 g/mol. The zero-order valence-corrected chi connectivity index (χ0v) is 14.7. The van der Waals surface area contributed by atoms with E-state index < -0.39 is 0 Å². The third-order valence-corrected chi connectivity index (χ3v) is 5.63. The minimum atomic E-state index is -0.250. The van der Waals surface area contributed by atoms with Gasteiger partial charge in [0.25, 0.3) is 6.47 Å². The number of benzene rings is 1. The van der Waals surface area contributed by atoms with Crippen LogP contribution in [-0.4, -0.2) is 40.9 Å². The number of carboxylic acid groups (broad SMARTS) is 1. The highest BCUT2D eigenvalue weighted by molar-refractivity contribution is 5.92. The third kappa shape index (κ3) is 3.47. The lowest BCUT2D eigenvalue weighted by atomic mass is 9.76. The lowest BCUT2D eigenvalue weighted by molar-refractivity contribution is -0.122. The Kier molecular flexibility index (Phi) is 5.23. The van der Waals surface area contributed by atoms with Crippen molar-refractivity contribution in [2.24, 2.45) is 5.41 Å². The van der Waals surface area contributed by atoms with Crippen LogP contribution >= 0.6 is 0 Å². The van der Waals surface area contributed by atoms with Crippen molar-refractivity contribution in [3.05, 3.63) is 36.0 Å². The molecule has 1 aliphatic heterocycles. The molecule has 5 nitrogen and oxygen atoms in total. The van der Waals surface area contributed by atoms with Crippen LogP contribution in [0, 0.1) is 12.3 Å². The van der Waals surface area contributed by atoms with Crippen molar-refractivity contribution in [1.29, 1.82) is 0 Å². The number of nitrogens with zero attached hydrogens (tertiary/aromatic N) is 2. The zero-order chi connectivity index (χ0) is 17.9. The zero-order valence-electron chi connectivity index (χ0n) is 14.7. The summed E-state index contributed by atoms with van der Waals surface area (Å²) in [4.78, 5) is 15.5. The number of hydrogen-bond acceptors (Lipinski definition) is 4. The molecule has 0 amide bonds. The minimum Gasteiger partial charge on any atom is -0.483 e. The average Bonchev–Trinajstić information content (AvgIpc) is 2.94. The van der Waals surface area contributed by atoms with Gasteiger partial charge in [-0.1, -0.05) is 24.6 Å². The van der Waals surface area contributed by atoms with E-state index in [-0.39, 0.29) is 18.0 Å². The lowest BCUT2D eigenvalue weighted by Gasteiger charge is -2.44. The van der Waals surface area contributed by atoms with Gasteiger partial charge in [-0.3, -0.25) is 9.78 Å². The molecule has 25 heavy (non-hydrogen) atoms. The van der Waals surface area contributed by atoms with Gasteiger partial charge in [-0.05, 0) is 44.7 Å². The van der Waals surface area contributed by atoms with Crippen LogP contribution in [0.4, 0.5) is 5.69 Å². The van der Waals surface area contributed by atoms with Crippen LogP contribution in [0.1, 0.15) is 37.8 Å². The first-order valence-corrected chi connectivity index (χ1v) is 8.97. The highest BCUT2D eigenvalue weighted by Crippen LogP contribution is 2.46. The van der Waals surface area contributed by atoms with Crippen molar-refractivity contribution in [1.82, 2.24) is 4.98 Å². The van der Waals surface area contributed by atoms with Gasteiger partial charge >= 0.3 is 0 Å². The molecule has 1 saturated heterocycles. The predicted molar refractivity (Wildman–Crippen MR) is 98.9 cm³/mol. The lowest BCUT2D eigenvalue weighted by Crippen LogP contribution is -2.47. The molecule has 2 N–H and O–H groups in total. The summed E-state index contributed by atoms with van der Waals surface area (Å²) in [7, 11) is 0. The van der Waals surface area contributed by atoms with Crippen LogP contribution in [0.3, 0.4) is 0 Å². The van der Waals surface area contributed by atoms with Gasteiger partial charge in [0, 0.05) is 35.3 Å². The molecule has 4 rings (SSSR count). The van der Waals surface area contributed by atoms with Gasteiger partial charge < -0.3 is 15.1 Å². The average molecular weight is 342 g/mol. The van der Waals surface area contributed by atoms with Crippen molar-refractivity contribution >= 4 is 23.1 Å². The van der Waals surface area contributed by atoms with Gasteiger partial charge in [0.2, 0.25) is 0 Å². The number of aryl methyl sites for hydroxylation is 1. The van der Waals surface area contributed by atoms with Crippen molar-refractivity contribution < 1.29 is 15.0 Å². The Bertz CT molecular complexity index is 749. The highest BCUT2D eigenvalue weighted by Gasteiger charge is 2.44. The summed E-state index contributed by atoms with van der Waals surface area (Å²) in [6, 6.07) is 10.6. The summed E-state index contributed by atoms with van der Waals surface area (Å²) in [5, 5.41) is 18.6. The molecule has 1 aromatic carbocycles. The summed E-state index contributed by atoms with van der Waals surface area (Å²) in [6.07, 6.45) is 5.55. The number of pyridine rings is 1. The molecule has 5 heteroatoms. The molecule has 2 aromatic rings. The smallest absolute Gasteiger partial charge is 0.290 e. The second kappa shape index (κ2) is 7.40. The van der Waals surface area contributed by atoms with E-state index in [1.54, 1.807) is 0 Å². The Morgan fingerprint density at radius 1 is 1.28 bits per heavy atom.